The van der Waals surface area contributed by atoms with E-state index in [1.54, 1.807) is 64.2 Å². The minimum atomic E-state index is -1.89. The van der Waals surface area contributed by atoms with Crippen LogP contribution in [0, 0.1) is 116 Å². The number of hydrogen-bond acceptors (Lipinski definition) is 34. The first-order valence-corrected chi connectivity index (χ1v) is 49.0. The third-order valence-corrected chi connectivity index (χ3v) is 36.4. The van der Waals surface area contributed by atoms with Gasteiger partial charge in [-0.05, 0) is 129 Å². The van der Waals surface area contributed by atoms with Crippen LogP contribution in [-0.4, -0.2) is 269 Å². The van der Waals surface area contributed by atoms with Crippen LogP contribution >= 0.6 is 0 Å². The van der Waals surface area contributed by atoms with Gasteiger partial charge in [-0.3, -0.25) is 71.9 Å². The SMILES string of the molecule is CC(=O)O[C@@]12C[C@@H](C)[C@@]3(O)[C@@H](C=C(CO)C[C@]4(O)C(=O)C(C)=C[C@@H]34)[C@@H]1C2(C)C.CC(=O)O[C@@]12C[C@@H](C)[C@@]3(O)[C@@H](C=C(CO)C[C@]4(O)C(=O)C(C)=C[C@@H]34)[C@@H]1C2(C)C.CC(=O)O[C@@]12C[C@@H](C)[C@@]3(O)[C@@H](C=C(OCOCCC(=O)O)C[C@]4(O)C(=O)C(C)=C[C@@H]34)[C@@H]1C2(C)C.CC(=O)O[C@@]12C[C@@H](C)[C@@]3(O)[C@@H](C=C(OCOCC[C@@H](N)C(=O)O)C[C@]4(O)C(=O)C(C)=C[C@@H]34)[C@@H]1C2(C)C.O=C1CC(=O)C1.O=CN[C@H]1CC(=O)CC1=O. The van der Waals surface area contributed by atoms with Crippen molar-refractivity contribution in [2.75, 3.05) is 40.0 Å². The number of aliphatic carboxylic acids is 2. The Morgan fingerprint density at radius 2 is 0.704 bits per heavy atom. The third-order valence-electron chi connectivity index (χ3n) is 36.4. The molecule has 0 heterocycles. The molecule has 0 aromatic heterocycles. The molecule has 15 N–H and O–H groups in total. The highest BCUT2D eigenvalue weighted by molar-refractivity contribution is 6.18. The van der Waals surface area contributed by atoms with E-state index in [0.29, 0.717) is 65.5 Å². The lowest BCUT2D eigenvalue weighted by Crippen LogP contribution is -2.61. The summed E-state index contributed by atoms with van der Waals surface area (Å²) in [6, 6.07) is -1.61. The number of ketones is 8. The smallest absolute Gasteiger partial charge is 0.320 e. The van der Waals surface area contributed by atoms with Gasteiger partial charge in [0.25, 0.3) is 0 Å². The maximum absolute atomic E-state index is 13.1. The Kier molecular flexibility index (Phi) is 29.1. The molecular weight excluding hydrogens is 1850 g/mol. The molecule has 37 heteroatoms. The first-order valence-electron chi connectivity index (χ1n) is 49.0. The van der Waals surface area contributed by atoms with Crippen LogP contribution in [0.3, 0.4) is 0 Å². The van der Waals surface area contributed by atoms with Gasteiger partial charge in [-0.1, -0.05) is 120 Å². The van der Waals surface area contributed by atoms with Crippen molar-refractivity contribution in [2.24, 2.45) is 122 Å². The van der Waals surface area contributed by atoms with Crippen molar-refractivity contribution in [2.45, 2.75) is 308 Å². The van der Waals surface area contributed by atoms with Gasteiger partial charge in [0.2, 0.25) is 6.41 Å². The Hall–Kier alpha value is -9.35. The van der Waals surface area contributed by atoms with E-state index >= 15 is 0 Å². The van der Waals surface area contributed by atoms with E-state index in [-0.39, 0.29) is 209 Å². The van der Waals surface area contributed by atoms with Crippen molar-refractivity contribution in [3.8, 4) is 0 Å². The number of carboxylic acid groups (broad SMARTS) is 2. The van der Waals surface area contributed by atoms with Crippen LogP contribution in [0.15, 0.2) is 93.6 Å². The largest absolute Gasteiger partial charge is 0.481 e. The molecule has 18 rings (SSSR count). The van der Waals surface area contributed by atoms with Crippen molar-refractivity contribution < 1.29 is 171 Å². The van der Waals surface area contributed by atoms with Crippen molar-refractivity contribution in [3.63, 3.8) is 0 Å². The molecule has 782 valence electrons. The second-order valence-electron chi connectivity index (χ2n) is 45.9. The number of Topliss-reactive ketones (excluding diaryl/α,β-unsaturated/α-hetero) is 8. The number of rotatable bonds is 21. The number of ether oxygens (including phenoxy) is 8. The van der Waals surface area contributed by atoms with Gasteiger partial charge < -0.3 is 110 Å². The van der Waals surface area contributed by atoms with Crippen LogP contribution < -0.4 is 11.1 Å². The molecule has 0 aromatic rings. The van der Waals surface area contributed by atoms with Gasteiger partial charge in [-0.15, -0.1) is 0 Å². The minimum absolute atomic E-state index is 0.0000834. The monoisotopic (exact) mass is 1990 g/mol. The van der Waals surface area contributed by atoms with Gasteiger partial charge in [0.1, 0.15) is 68.2 Å². The van der Waals surface area contributed by atoms with E-state index in [1.807, 2.05) is 95.2 Å². The van der Waals surface area contributed by atoms with Crippen molar-refractivity contribution in [1.82, 2.24) is 5.32 Å². The summed E-state index contributed by atoms with van der Waals surface area (Å²) < 4.78 is 45.7. The van der Waals surface area contributed by atoms with Gasteiger partial charge in [-0.25, -0.2) is 0 Å². The number of hydrogen-bond donors (Lipinski definition) is 14. The Morgan fingerprint density at radius 1 is 0.423 bits per heavy atom. The number of carbonyl (C=O) groups excluding carboxylic acids is 13. The number of nitrogens with two attached hydrogens (primary N) is 1. The quantitative estimate of drug-likeness (QED) is 0.0132. The van der Waals surface area contributed by atoms with Gasteiger partial charge in [0.05, 0.1) is 92.1 Å². The Labute approximate surface area is 824 Å². The van der Waals surface area contributed by atoms with E-state index in [1.165, 1.54) is 27.7 Å². The average molecular weight is 1990 g/mol. The number of carbonyl (C=O) groups is 15. The number of fused-ring (bicyclic) bond motifs is 20. The van der Waals surface area contributed by atoms with E-state index in [2.05, 4.69) is 5.32 Å². The number of amides is 1. The van der Waals surface area contributed by atoms with Gasteiger partial charge in [-0.2, -0.15) is 0 Å². The van der Waals surface area contributed by atoms with Crippen LogP contribution in [0.4, 0.5) is 0 Å². The molecule has 1 amide bonds. The maximum atomic E-state index is 13.1. The van der Waals surface area contributed by atoms with Crippen molar-refractivity contribution in [1.29, 1.82) is 0 Å². The molecule has 18 aliphatic rings. The predicted octanol–water partition coefficient (Wildman–Crippen LogP) is 5.26. The number of aliphatic hydroxyl groups is 10. The highest BCUT2D eigenvalue weighted by atomic mass is 16.7. The molecule has 0 unspecified atom stereocenters. The summed E-state index contributed by atoms with van der Waals surface area (Å²) in [6.45, 7) is 34.7. The molecule has 142 heavy (non-hydrogen) atoms. The summed E-state index contributed by atoms with van der Waals surface area (Å²) >= 11 is 0. The van der Waals surface area contributed by atoms with Crippen LogP contribution in [0.5, 0.6) is 0 Å². The van der Waals surface area contributed by atoms with Gasteiger partial charge >= 0.3 is 35.8 Å². The van der Waals surface area contributed by atoms with E-state index < -0.39 is 185 Å². The van der Waals surface area contributed by atoms with Crippen LogP contribution in [0.2, 0.25) is 0 Å². The summed E-state index contributed by atoms with van der Waals surface area (Å²) in [6.07, 6.45) is 16.2. The fraction of sp³-hybridized carbons (Fsp3) is 0.705. The highest BCUT2D eigenvalue weighted by Crippen LogP contribution is 2.81. The topological polar surface area (TPSA) is 611 Å². The molecule has 18 aliphatic carbocycles. The molecule has 30 atom stereocenters. The third kappa shape index (κ3) is 17.2. The second-order valence-corrected chi connectivity index (χ2v) is 45.9. The molecule has 37 nitrogen and oxygen atoms in total. The molecular formula is C105H142N2O35. The molecule has 0 spiro atoms. The molecule has 0 aromatic carbocycles. The minimum Gasteiger partial charge on any atom is -0.481 e. The van der Waals surface area contributed by atoms with E-state index in [4.69, 9.17) is 53.8 Å². The number of aliphatic hydroxyl groups excluding tert-OH is 2. The summed E-state index contributed by atoms with van der Waals surface area (Å²) in [5.74, 6) is -12.4. The zero-order valence-corrected chi connectivity index (χ0v) is 84.6. The zero-order valence-electron chi connectivity index (χ0n) is 84.6. The lowest BCUT2D eigenvalue weighted by atomic mass is 9.60. The van der Waals surface area contributed by atoms with Crippen LogP contribution in [-0.2, 0) is 110 Å². The fourth-order valence-electron chi connectivity index (χ4n) is 29.3. The summed E-state index contributed by atoms with van der Waals surface area (Å²) in [5, 5.41) is 135. The lowest BCUT2D eigenvalue weighted by molar-refractivity contribution is -0.186. The van der Waals surface area contributed by atoms with E-state index in [9.17, 15) is 123 Å². The molecule has 0 bridgehead atoms. The number of carboxylic acids is 2. The van der Waals surface area contributed by atoms with Crippen molar-refractivity contribution in [3.05, 3.63) is 93.6 Å². The van der Waals surface area contributed by atoms with Crippen molar-refractivity contribution >= 4 is 88.5 Å². The number of esters is 4. The van der Waals surface area contributed by atoms with E-state index in [0.717, 1.165) is 0 Å². The molecule has 0 saturated heterocycles. The normalized spacial score (nSPS) is 42.2. The summed E-state index contributed by atoms with van der Waals surface area (Å²) in [7, 11) is 0. The Balaban J connectivity index is 0.000000151. The summed E-state index contributed by atoms with van der Waals surface area (Å²) in [4.78, 5) is 172. The van der Waals surface area contributed by atoms with Crippen LogP contribution in [0.25, 0.3) is 0 Å². The highest BCUT2D eigenvalue weighted by Gasteiger charge is 2.88. The fourth-order valence-corrected chi connectivity index (χ4v) is 29.3. The van der Waals surface area contributed by atoms with Gasteiger partial charge in [0.15, 0.2) is 42.5 Å². The number of nitrogens with one attached hydrogen (secondary N) is 1. The molecule has 10 fully saturated rings. The average Bonchev–Trinajstić information content (AvgIpc) is 1.49. The Bertz CT molecular complexity index is 5370. The zero-order chi connectivity index (χ0) is 106. The predicted molar refractivity (Wildman–Crippen MR) is 498 cm³/mol. The molecule has 0 radical (unpaired) electrons. The first kappa shape index (κ1) is 110. The summed E-state index contributed by atoms with van der Waals surface area (Å²) in [5.41, 5.74) is -9.26. The maximum Gasteiger partial charge on any atom is 0.320 e. The first-order chi connectivity index (χ1) is 65.6. The Morgan fingerprint density at radius 3 is 0.944 bits per heavy atom. The van der Waals surface area contributed by atoms with Crippen LogP contribution in [0.1, 0.15) is 228 Å². The van der Waals surface area contributed by atoms with Gasteiger partial charge in [0, 0.05) is 152 Å². The lowest BCUT2D eigenvalue weighted by Gasteiger charge is -2.50. The molecule has 10 saturated carbocycles. The second kappa shape index (κ2) is 37.5. The molecule has 0 aliphatic heterocycles. The standard InChI is InChI=1S/C26H37NO9.C25H34O9.2C22H30O6.C6H7NO3.C4H4O2/c1-13-8-19-24(32,21(13)29)11-16(35-12-34-7-6-18(27)22(30)31)9-17-20-23(4,5)25(20,36-15(3)28)10-14(2)26(17,19)33;1-13-8-18-23(30,21(13)29)11-16(33-12-32-7-6-19(27)28)9-17-20-22(4,5)24(20,34-15(3)26)10-14(2)25(17,18)31;2*1-11-6-16-20(26,18(11)25)9-14(10-23)7-15-17-19(4,5)21(17,28-13(3)24)8-12(2)22(15,16)27;8-3-7-5-1-4(9)2-6(5)10;5-3-1-4(6)2-3/h8-9,14,17-20,32-33H,6-7,10-12,27H2,1-5H3,(H,30,31);8-9,14,17-18,20,30-31H,6-7,10-12H2,1-5H3,(H,27,28);2*6-7,12,15-17,23,26-27H,8-10H2,1-5H3;3,5H,1-2H2,(H,7,8);1-2H2/t14-,17+,18-,19-,20-,24-,25+,26-;14-,17+,18-,20-,23-,24+,25-;2*12-,15+,16-,17-,20-,21+,22-;5-;/m11110./s1.